The maximum atomic E-state index is 12.3. The van der Waals surface area contributed by atoms with Crippen LogP contribution in [0.1, 0.15) is 10.6 Å². The highest BCUT2D eigenvalue weighted by atomic mass is 32.2. The zero-order valence-electron chi connectivity index (χ0n) is 10.2. The third-order valence-corrected chi connectivity index (χ3v) is 5.40. The molecule has 0 bridgehead atoms. The molecule has 1 aromatic carbocycles. The Morgan fingerprint density at radius 3 is 2.50 bits per heavy atom. The number of thiazole rings is 1. The van der Waals surface area contributed by atoms with Crippen LogP contribution in [0.2, 0.25) is 0 Å². The molecule has 6 heteroatoms. The summed E-state index contributed by atoms with van der Waals surface area (Å²) in [5.74, 6) is 0. The van der Waals surface area contributed by atoms with Crippen LogP contribution in [0.15, 0.2) is 40.7 Å². The van der Waals surface area contributed by atoms with Crippen LogP contribution in [0.4, 0.5) is 0 Å². The van der Waals surface area contributed by atoms with Crippen LogP contribution in [-0.2, 0) is 16.6 Å². The molecular formula is C12H14N2O2S2. The molecule has 0 saturated carbocycles. The first-order valence-corrected chi connectivity index (χ1v) is 7.74. The third kappa shape index (κ3) is 2.60. The van der Waals surface area contributed by atoms with Crippen LogP contribution in [0.3, 0.4) is 0 Å². The average molecular weight is 282 g/mol. The molecule has 1 heterocycles. The first-order chi connectivity index (χ1) is 8.51. The minimum atomic E-state index is -3.42. The predicted molar refractivity (Wildman–Crippen MR) is 71.9 cm³/mol. The monoisotopic (exact) mass is 282 g/mol. The summed E-state index contributed by atoms with van der Waals surface area (Å²) in [7, 11) is -1.83. The highest BCUT2D eigenvalue weighted by molar-refractivity contribution is 7.89. The van der Waals surface area contributed by atoms with E-state index in [1.54, 1.807) is 42.9 Å². The minimum absolute atomic E-state index is 0.315. The maximum Gasteiger partial charge on any atom is 0.243 e. The van der Waals surface area contributed by atoms with E-state index in [1.165, 1.54) is 15.6 Å². The van der Waals surface area contributed by atoms with Crippen molar-refractivity contribution in [3.8, 4) is 0 Å². The van der Waals surface area contributed by atoms with Crippen molar-refractivity contribution in [2.45, 2.75) is 18.4 Å². The quantitative estimate of drug-likeness (QED) is 0.864. The largest absolute Gasteiger partial charge is 0.250 e. The molecule has 0 radical (unpaired) electrons. The van der Waals surface area contributed by atoms with Gasteiger partial charge in [0, 0.05) is 18.5 Å². The van der Waals surface area contributed by atoms with E-state index in [9.17, 15) is 8.42 Å². The van der Waals surface area contributed by atoms with Gasteiger partial charge in [0.15, 0.2) is 0 Å². The number of aromatic nitrogens is 1. The molecule has 4 nitrogen and oxygen atoms in total. The number of nitrogens with zero attached hydrogens (tertiary/aromatic N) is 2. The second kappa shape index (κ2) is 5.17. The van der Waals surface area contributed by atoms with Gasteiger partial charge in [-0.25, -0.2) is 13.4 Å². The molecule has 0 fully saturated rings. The van der Waals surface area contributed by atoms with Gasteiger partial charge in [-0.3, -0.25) is 0 Å². The Bertz CT molecular complexity index is 621. The molecule has 0 N–H and O–H groups in total. The fraction of sp³-hybridized carbons (Fsp3) is 0.250. The van der Waals surface area contributed by atoms with E-state index in [4.69, 9.17) is 0 Å². The van der Waals surface area contributed by atoms with E-state index in [1.807, 2.05) is 6.92 Å². The van der Waals surface area contributed by atoms with Gasteiger partial charge in [-0.1, -0.05) is 18.2 Å². The zero-order chi connectivity index (χ0) is 13.2. The molecule has 0 amide bonds. The molecule has 2 rings (SSSR count). The van der Waals surface area contributed by atoms with Crippen LogP contribution in [-0.4, -0.2) is 24.8 Å². The number of rotatable bonds is 4. The second-order valence-corrected chi connectivity index (χ2v) is 6.92. The molecule has 96 valence electrons. The van der Waals surface area contributed by atoms with Crippen LogP contribution in [0.25, 0.3) is 0 Å². The summed E-state index contributed by atoms with van der Waals surface area (Å²) < 4.78 is 25.9. The van der Waals surface area contributed by atoms with Crippen LogP contribution < -0.4 is 0 Å². The van der Waals surface area contributed by atoms with E-state index in [-0.39, 0.29) is 0 Å². The average Bonchev–Trinajstić information content (AvgIpc) is 2.76. The van der Waals surface area contributed by atoms with Crippen LogP contribution >= 0.6 is 11.3 Å². The first-order valence-electron chi connectivity index (χ1n) is 5.42. The Hall–Kier alpha value is -1.24. The molecule has 18 heavy (non-hydrogen) atoms. The summed E-state index contributed by atoms with van der Waals surface area (Å²) in [5.41, 5.74) is 2.61. The normalized spacial score (nSPS) is 11.9. The van der Waals surface area contributed by atoms with E-state index in [0.717, 1.165) is 10.6 Å². The fourth-order valence-electron chi connectivity index (χ4n) is 1.54. The summed E-state index contributed by atoms with van der Waals surface area (Å²) in [6, 6.07) is 8.44. The number of aryl methyl sites for hydroxylation is 1. The van der Waals surface area contributed by atoms with Gasteiger partial charge in [0.05, 0.1) is 16.1 Å². The lowest BCUT2D eigenvalue weighted by Gasteiger charge is -2.16. The van der Waals surface area contributed by atoms with E-state index in [0.29, 0.717) is 11.4 Å². The van der Waals surface area contributed by atoms with Gasteiger partial charge in [0.1, 0.15) is 0 Å². The highest BCUT2D eigenvalue weighted by Crippen LogP contribution is 2.19. The van der Waals surface area contributed by atoms with Crippen molar-refractivity contribution >= 4 is 21.4 Å². The molecule has 0 aliphatic rings. The lowest BCUT2D eigenvalue weighted by molar-refractivity contribution is 0.468. The van der Waals surface area contributed by atoms with Gasteiger partial charge in [-0.15, -0.1) is 11.3 Å². The first kappa shape index (κ1) is 13.2. The summed E-state index contributed by atoms with van der Waals surface area (Å²) in [6.45, 7) is 2.24. The summed E-state index contributed by atoms with van der Waals surface area (Å²) in [5, 5.41) is 0. The summed E-state index contributed by atoms with van der Waals surface area (Å²) in [4.78, 5) is 5.41. The number of hydrogen-bond acceptors (Lipinski definition) is 4. The molecule has 2 aromatic rings. The van der Waals surface area contributed by atoms with Crippen molar-refractivity contribution in [2.75, 3.05) is 7.05 Å². The van der Waals surface area contributed by atoms with Crippen molar-refractivity contribution in [1.29, 1.82) is 0 Å². The second-order valence-electron chi connectivity index (χ2n) is 3.94. The van der Waals surface area contributed by atoms with Crippen LogP contribution in [0, 0.1) is 6.92 Å². The van der Waals surface area contributed by atoms with E-state index < -0.39 is 10.0 Å². The Labute approximate surface area is 111 Å². The molecular weight excluding hydrogens is 268 g/mol. The number of benzene rings is 1. The highest BCUT2D eigenvalue weighted by Gasteiger charge is 2.21. The maximum absolute atomic E-state index is 12.3. The molecule has 0 saturated heterocycles. The van der Waals surface area contributed by atoms with Crippen molar-refractivity contribution in [1.82, 2.24) is 9.29 Å². The Morgan fingerprint density at radius 2 is 1.94 bits per heavy atom. The van der Waals surface area contributed by atoms with Crippen LogP contribution in [0.5, 0.6) is 0 Å². The third-order valence-electron chi connectivity index (χ3n) is 2.66. The number of hydrogen-bond donors (Lipinski definition) is 0. The fourth-order valence-corrected chi connectivity index (χ4v) is 3.61. The lowest BCUT2D eigenvalue weighted by Crippen LogP contribution is -2.26. The van der Waals surface area contributed by atoms with Crippen molar-refractivity contribution in [3.63, 3.8) is 0 Å². The Balaban J connectivity index is 2.24. The van der Waals surface area contributed by atoms with Gasteiger partial charge in [-0.05, 0) is 19.1 Å². The van der Waals surface area contributed by atoms with Crippen molar-refractivity contribution < 1.29 is 8.42 Å². The Morgan fingerprint density at radius 1 is 1.28 bits per heavy atom. The topological polar surface area (TPSA) is 50.3 Å². The van der Waals surface area contributed by atoms with Crippen molar-refractivity contribution in [3.05, 3.63) is 46.4 Å². The van der Waals surface area contributed by atoms with Crippen molar-refractivity contribution in [2.24, 2.45) is 0 Å². The molecule has 1 aromatic heterocycles. The van der Waals surface area contributed by atoms with E-state index >= 15 is 0 Å². The van der Waals surface area contributed by atoms with Gasteiger partial charge in [0.2, 0.25) is 10.0 Å². The molecule has 0 unspecified atom stereocenters. The van der Waals surface area contributed by atoms with E-state index in [2.05, 4.69) is 4.98 Å². The smallest absolute Gasteiger partial charge is 0.243 e. The van der Waals surface area contributed by atoms with Gasteiger partial charge in [-0.2, -0.15) is 4.31 Å². The SMILES string of the molecule is Cc1ncsc1CN(C)S(=O)(=O)c1ccccc1. The zero-order valence-corrected chi connectivity index (χ0v) is 11.8. The standard InChI is InChI=1S/C12H14N2O2S2/c1-10-12(17-9-13-10)8-14(2)18(15,16)11-6-4-3-5-7-11/h3-7,9H,8H2,1-2H3. The van der Waals surface area contributed by atoms with Gasteiger partial charge in [0.25, 0.3) is 0 Å². The molecule has 0 aliphatic carbocycles. The minimum Gasteiger partial charge on any atom is -0.250 e. The lowest BCUT2D eigenvalue weighted by atomic mass is 10.4. The van der Waals surface area contributed by atoms with Gasteiger partial charge >= 0.3 is 0 Å². The predicted octanol–water partition coefficient (Wildman–Crippen LogP) is 2.27. The number of sulfonamides is 1. The Kier molecular flexibility index (Phi) is 3.79. The molecule has 0 atom stereocenters. The summed E-state index contributed by atoms with van der Waals surface area (Å²) >= 11 is 1.47. The van der Waals surface area contributed by atoms with Gasteiger partial charge < -0.3 is 0 Å². The molecule has 0 spiro atoms. The molecule has 0 aliphatic heterocycles. The summed E-state index contributed by atoms with van der Waals surface area (Å²) in [6.07, 6.45) is 0.